The molecule has 3 heterocycles. The monoisotopic (exact) mass is 449 g/mol. The van der Waals surface area contributed by atoms with E-state index in [1.54, 1.807) is 35.9 Å². The summed E-state index contributed by atoms with van der Waals surface area (Å²) in [7, 11) is 3.32. The average molecular weight is 450 g/mol. The zero-order valence-corrected chi connectivity index (χ0v) is 18.8. The highest BCUT2D eigenvalue weighted by atomic mass is 32.1. The van der Waals surface area contributed by atoms with E-state index in [0.29, 0.717) is 28.1 Å². The molecular formula is C23H23N5O3S. The van der Waals surface area contributed by atoms with Crippen molar-refractivity contribution >= 4 is 39.9 Å². The zero-order chi connectivity index (χ0) is 22.7. The number of methoxy groups -OCH3 is 1. The second-order valence-electron chi connectivity index (χ2n) is 7.31. The van der Waals surface area contributed by atoms with Gasteiger partial charge in [-0.15, -0.1) is 11.3 Å². The summed E-state index contributed by atoms with van der Waals surface area (Å²) in [6.45, 7) is 1.86. The van der Waals surface area contributed by atoms with Gasteiger partial charge in [0.2, 0.25) is 5.91 Å². The summed E-state index contributed by atoms with van der Waals surface area (Å²) in [6, 6.07) is 10.9. The average Bonchev–Trinajstić information content (AvgIpc) is 3.43. The fourth-order valence-electron chi connectivity index (χ4n) is 3.57. The predicted molar refractivity (Wildman–Crippen MR) is 125 cm³/mol. The van der Waals surface area contributed by atoms with Crippen LogP contribution in [0.15, 0.2) is 54.2 Å². The number of ether oxygens (including phenoxy) is 1. The smallest absolute Gasteiger partial charge is 0.254 e. The van der Waals surface area contributed by atoms with Crippen LogP contribution in [0.5, 0.6) is 0 Å². The highest BCUT2D eigenvalue weighted by Gasteiger charge is 2.21. The number of thiophene rings is 1. The molecule has 0 aliphatic rings. The third-order valence-electron chi connectivity index (χ3n) is 5.03. The Kier molecular flexibility index (Phi) is 6.29. The number of hydrogen-bond acceptors (Lipinski definition) is 6. The third-order valence-corrected chi connectivity index (χ3v) is 6.08. The van der Waals surface area contributed by atoms with Gasteiger partial charge in [0.25, 0.3) is 5.91 Å². The van der Waals surface area contributed by atoms with Gasteiger partial charge in [-0.1, -0.05) is 6.07 Å². The molecule has 9 heteroatoms. The Morgan fingerprint density at radius 3 is 2.69 bits per heavy atom. The van der Waals surface area contributed by atoms with Gasteiger partial charge < -0.3 is 19.9 Å². The van der Waals surface area contributed by atoms with Crippen LogP contribution in [-0.4, -0.2) is 40.1 Å². The Bertz CT molecular complexity index is 1250. The minimum atomic E-state index is -0.310. The number of rotatable bonds is 7. The molecule has 0 radical (unpaired) electrons. The van der Waals surface area contributed by atoms with Crippen LogP contribution in [0, 0.1) is 0 Å². The minimum Gasteiger partial charge on any atom is -0.375 e. The largest absolute Gasteiger partial charge is 0.375 e. The fraction of sp³-hybridized carbons (Fsp3) is 0.217. The first-order valence-electron chi connectivity index (χ1n) is 10.0. The van der Waals surface area contributed by atoms with Gasteiger partial charge in [0.15, 0.2) is 0 Å². The molecule has 0 bridgehead atoms. The van der Waals surface area contributed by atoms with Gasteiger partial charge in [0, 0.05) is 42.7 Å². The summed E-state index contributed by atoms with van der Waals surface area (Å²) in [6.07, 6.45) is 3.39. The molecule has 3 aromatic heterocycles. The van der Waals surface area contributed by atoms with Gasteiger partial charge in [-0.25, -0.2) is 4.98 Å². The Morgan fingerprint density at radius 1 is 1.22 bits per heavy atom. The number of nitrogens with zero attached hydrogens (tertiary/aromatic N) is 3. The summed E-state index contributed by atoms with van der Waals surface area (Å²) < 4.78 is 6.79. The number of fused-ring (bicyclic) bond motifs is 1. The maximum Gasteiger partial charge on any atom is 0.254 e. The zero-order valence-electron chi connectivity index (χ0n) is 18.0. The summed E-state index contributed by atoms with van der Waals surface area (Å²) >= 11 is 1.58. The molecule has 1 unspecified atom stereocenters. The lowest BCUT2D eigenvalue weighted by atomic mass is 10.1. The number of imidazole rings is 1. The van der Waals surface area contributed by atoms with Crippen molar-refractivity contribution in [1.29, 1.82) is 0 Å². The van der Waals surface area contributed by atoms with Crippen molar-refractivity contribution in [3.63, 3.8) is 0 Å². The SMILES string of the molecule is COCC(=O)Nc1cc(C(=O)NC(C)c2cccs2)c2c(c1)nc(-c1ccncc1)n2C. The van der Waals surface area contributed by atoms with Crippen molar-refractivity contribution in [3.05, 3.63) is 64.6 Å². The summed E-state index contributed by atoms with van der Waals surface area (Å²) in [4.78, 5) is 35.3. The number of aryl methyl sites for hydroxylation is 1. The number of benzene rings is 1. The number of carbonyl (C=O) groups is 2. The number of amides is 2. The van der Waals surface area contributed by atoms with E-state index in [1.165, 1.54) is 7.11 Å². The van der Waals surface area contributed by atoms with Crippen molar-refractivity contribution in [2.75, 3.05) is 19.0 Å². The van der Waals surface area contributed by atoms with Crippen LogP contribution in [-0.2, 0) is 16.6 Å². The minimum absolute atomic E-state index is 0.0839. The lowest BCUT2D eigenvalue weighted by Gasteiger charge is -2.15. The van der Waals surface area contributed by atoms with E-state index in [4.69, 9.17) is 9.72 Å². The highest BCUT2D eigenvalue weighted by molar-refractivity contribution is 7.10. The number of nitrogens with one attached hydrogen (secondary N) is 2. The maximum absolute atomic E-state index is 13.3. The Morgan fingerprint density at radius 2 is 2.00 bits per heavy atom. The number of hydrogen-bond donors (Lipinski definition) is 2. The van der Waals surface area contributed by atoms with E-state index in [1.807, 2.05) is 48.2 Å². The highest BCUT2D eigenvalue weighted by Crippen LogP contribution is 2.29. The van der Waals surface area contributed by atoms with Gasteiger partial charge in [0.05, 0.1) is 22.6 Å². The molecular weight excluding hydrogens is 426 g/mol. The Hall–Kier alpha value is -3.56. The van der Waals surface area contributed by atoms with Crippen molar-refractivity contribution in [2.24, 2.45) is 7.05 Å². The molecule has 1 atom stereocenters. The van der Waals surface area contributed by atoms with E-state index < -0.39 is 0 Å². The standard InChI is InChI=1S/C23H23N5O3S/c1-14(19-5-4-10-32-19)25-23(30)17-11-16(26-20(29)13-31-3)12-18-21(17)28(2)22(27-18)15-6-8-24-9-7-15/h4-12,14H,13H2,1-3H3,(H,25,30)(H,26,29). The molecule has 4 rings (SSSR count). The molecule has 0 spiro atoms. The van der Waals surface area contributed by atoms with Crippen LogP contribution in [0.3, 0.4) is 0 Å². The first kappa shape index (κ1) is 21.7. The van der Waals surface area contributed by atoms with Crippen LogP contribution < -0.4 is 10.6 Å². The Balaban J connectivity index is 1.79. The molecule has 2 amide bonds. The van der Waals surface area contributed by atoms with E-state index >= 15 is 0 Å². The van der Waals surface area contributed by atoms with Crippen LogP contribution >= 0.6 is 11.3 Å². The van der Waals surface area contributed by atoms with Gasteiger partial charge in [-0.05, 0) is 42.6 Å². The third kappa shape index (κ3) is 4.39. The van der Waals surface area contributed by atoms with Crippen molar-refractivity contribution < 1.29 is 14.3 Å². The molecule has 164 valence electrons. The topological polar surface area (TPSA) is 98.1 Å². The summed E-state index contributed by atoms with van der Waals surface area (Å²) in [5.41, 5.74) is 3.06. The second kappa shape index (κ2) is 9.29. The van der Waals surface area contributed by atoms with Crippen LogP contribution in [0.4, 0.5) is 5.69 Å². The molecule has 8 nitrogen and oxygen atoms in total. The van der Waals surface area contributed by atoms with Crippen molar-refractivity contribution in [1.82, 2.24) is 19.9 Å². The van der Waals surface area contributed by atoms with Gasteiger partial charge >= 0.3 is 0 Å². The summed E-state index contributed by atoms with van der Waals surface area (Å²) in [5, 5.41) is 7.81. The fourth-order valence-corrected chi connectivity index (χ4v) is 4.30. The van der Waals surface area contributed by atoms with Gasteiger partial charge in [-0.2, -0.15) is 0 Å². The number of carbonyl (C=O) groups excluding carboxylic acids is 2. The quantitative estimate of drug-likeness (QED) is 0.448. The molecule has 0 aliphatic heterocycles. The van der Waals surface area contributed by atoms with Gasteiger partial charge in [0.1, 0.15) is 12.4 Å². The maximum atomic E-state index is 13.3. The second-order valence-corrected chi connectivity index (χ2v) is 8.29. The first-order valence-corrected chi connectivity index (χ1v) is 10.9. The molecule has 0 saturated carbocycles. The lowest BCUT2D eigenvalue weighted by Crippen LogP contribution is -2.27. The lowest BCUT2D eigenvalue weighted by molar-refractivity contribution is -0.119. The summed E-state index contributed by atoms with van der Waals surface area (Å²) in [5.74, 6) is 0.140. The van der Waals surface area contributed by atoms with Crippen LogP contribution in [0.2, 0.25) is 0 Å². The van der Waals surface area contributed by atoms with Crippen molar-refractivity contribution in [3.8, 4) is 11.4 Å². The number of aromatic nitrogens is 3. The van der Waals surface area contributed by atoms with Crippen LogP contribution in [0.25, 0.3) is 22.4 Å². The number of anilines is 1. The first-order chi connectivity index (χ1) is 15.5. The predicted octanol–water partition coefficient (Wildman–Crippen LogP) is 3.77. The molecule has 1 aromatic carbocycles. The van der Waals surface area contributed by atoms with E-state index in [2.05, 4.69) is 15.6 Å². The molecule has 32 heavy (non-hydrogen) atoms. The molecule has 0 aliphatic carbocycles. The molecule has 2 N–H and O–H groups in total. The van der Waals surface area contributed by atoms with E-state index in [9.17, 15) is 9.59 Å². The molecule has 0 fully saturated rings. The van der Waals surface area contributed by atoms with E-state index in [-0.39, 0.29) is 24.5 Å². The normalized spacial score (nSPS) is 12.0. The van der Waals surface area contributed by atoms with Crippen LogP contribution in [0.1, 0.15) is 28.2 Å². The van der Waals surface area contributed by atoms with Gasteiger partial charge in [-0.3, -0.25) is 14.6 Å². The Labute approximate surface area is 189 Å². The number of pyridine rings is 1. The molecule has 4 aromatic rings. The molecule has 0 saturated heterocycles. The van der Waals surface area contributed by atoms with Crippen molar-refractivity contribution in [2.45, 2.75) is 13.0 Å². The van der Waals surface area contributed by atoms with E-state index in [0.717, 1.165) is 10.4 Å².